The van der Waals surface area contributed by atoms with Crippen molar-refractivity contribution in [2.75, 3.05) is 7.05 Å². The summed E-state index contributed by atoms with van der Waals surface area (Å²) in [5, 5.41) is 11.5. The summed E-state index contributed by atoms with van der Waals surface area (Å²) in [5.74, 6) is -0.0530. The molecule has 0 atom stereocenters. The van der Waals surface area contributed by atoms with Gasteiger partial charge in [0.15, 0.2) is 0 Å². The molecular formula is C14H14N6OS. The highest BCUT2D eigenvalue weighted by molar-refractivity contribution is 7.05. The number of aromatic nitrogens is 5. The average molecular weight is 314 g/mol. The van der Waals surface area contributed by atoms with Crippen LogP contribution in [0.4, 0.5) is 0 Å². The minimum absolute atomic E-state index is 0.0530. The molecule has 8 heteroatoms. The topological polar surface area (TPSA) is 76.8 Å². The van der Waals surface area contributed by atoms with Crippen molar-refractivity contribution in [3.8, 4) is 5.69 Å². The number of benzene rings is 1. The fraction of sp³-hybridized carbons (Fsp3) is 0.214. The van der Waals surface area contributed by atoms with Gasteiger partial charge in [-0.2, -0.15) is 0 Å². The van der Waals surface area contributed by atoms with Gasteiger partial charge in [0.2, 0.25) is 0 Å². The van der Waals surface area contributed by atoms with Crippen LogP contribution < -0.4 is 0 Å². The van der Waals surface area contributed by atoms with E-state index < -0.39 is 0 Å². The summed E-state index contributed by atoms with van der Waals surface area (Å²) in [6.07, 6.45) is 3.19. The lowest BCUT2D eigenvalue weighted by atomic mass is 10.1. The van der Waals surface area contributed by atoms with Crippen molar-refractivity contribution in [2.24, 2.45) is 0 Å². The molecule has 0 radical (unpaired) electrons. The lowest BCUT2D eigenvalue weighted by Crippen LogP contribution is -2.26. The van der Waals surface area contributed by atoms with Crippen LogP contribution >= 0.6 is 11.5 Å². The van der Waals surface area contributed by atoms with Crippen LogP contribution in [-0.4, -0.2) is 42.2 Å². The van der Waals surface area contributed by atoms with Gasteiger partial charge in [-0.3, -0.25) is 9.36 Å². The summed E-state index contributed by atoms with van der Waals surface area (Å²) in [7, 11) is 1.77. The fourth-order valence-corrected chi connectivity index (χ4v) is 2.72. The molecule has 3 aromatic rings. The summed E-state index contributed by atoms with van der Waals surface area (Å²) in [5.41, 5.74) is 2.33. The fourth-order valence-electron chi connectivity index (χ4n) is 2.04. The third-order valence-corrected chi connectivity index (χ3v) is 4.09. The Morgan fingerprint density at radius 2 is 2.09 bits per heavy atom. The molecule has 3 rings (SSSR count). The Bertz CT molecular complexity index is 782. The highest BCUT2D eigenvalue weighted by Crippen LogP contribution is 2.15. The summed E-state index contributed by atoms with van der Waals surface area (Å²) < 4.78 is 5.65. The molecule has 0 bridgehead atoms. The van der Waals surface area contributed by atoms with Crippen molar-refractivity contribution < 1.29 is 4.79 Å². The molecule has 2 heterocycles. The predicted molar refractivity (Wildman–Crippen MR) is 81.8 cm³/mol. The Morgan fingerprint density at radius 3 is 2.77 bits per heavy atom. The summed E-state index contributed by atoms with van der Waals surface area (Å²) >= 11 is 1.32. The standard InChI is InChI=1S/C14H14N6OS/c1-10-13(22-18-17-10)7-19(2)14(21)11-4-3-5-12(6-11)20-8-15-16-9-20/h3-6,8-9H,7H2,1-2H3. The zero-order valence-electron chi connectivity index (χ0n) is 12.2. The third kappa shape index (κ3) is 2.86. The van der Waals surface area contributed by atoms with Crippen LogP contribution in [0.15, 0.2) is 36.9 Å². The molecule has 7 nitrogen and oxygen atoms in total. The molecule has 0 aliphatic rings. The van der Waals surface area contributed by atoms with Crippen molar-refractivity contribution in [3.05, 3.63) is 53.1 Å². The number of rotatable bonds is 4. The van der Waals surface area contributed by atoms with E-state index in [0.717, 1.165) is 16.3 Å². The van der Waals surface area contributed by atoms with Gasteiger partial charge < -0.3 is 4.90 Å². The predicted octanol–water partition coefficient (Wildman–Crippen LogP) is 1.70. The first-order chi connectivity index (χ1) is 10.6. The first kappa shape index (κ1) is 14.3. The Morgan fingerprint density at radius 1 is 1.32 bits per heavy atom. The van der Waals surface area contributed by atoms with Gasteiger partial charge in [-0.05, 0) is 36.7 Å². The van der Waals surface area contributed by atoms with Gasteiger partial charge in [-0.15, -0.1) is 15.3 Å². The molecule has 0 saturated heterocycles. The molecule has 0 spiro atoms. The van der Waals surface area contributed by atoms with Crippen LogP contribution in [0.3, 0.4) is 0 Å². The molecule has 0 aliphatic carbocycles. The molecule has 2 aromatic heterocycles. The van der Waals surface area contributed by atoms with E-state index in [9.17, 15) is 4.79 Å². The number of carbonyl (C=O) groups is 1. The molecule has 0 N–H and O–H groups in total. The Hall–Kier alpha value is -2.61. The maximum absolute atomic E-state index is 12.6. The quantitative estimate of drug-likeness (QED) is 0.732. The molecule has 0 aliphatic heterocycles. The molecule has 1 amide bonds. The van der Waals surface area contributed by atoms with E-state index >= 15 is 0 Å². The van der Waals surface area contributed by atoms with E-state index in [1.165, 1.54) is 11.5 Å². The number of hydrogen-bond acceptors (Lipinski definition) is 6. The second kappa shape index (κ2) is 6.02. The van der Waals surface area contributed by atoms with Crippen molar-refractivity contribution in [1.82, 2.24) is 29.3 Å². The van der Waals surface area contributed by atoms with E-state index in [0.29, 0.717) is 12.1 Å². The highest BCUT2D eigenvalue weighted by atomic mass is 32.1. The van der Waals surface area contributed by atoms with Crippen LogP contribution in [0.2, 0.25) is 0 Å². The van der Waals surface area contributed by atoms with E-state index in [1.807, 2.05) is 25.1 Å². The molecule has 0 fully saturated rings. The summed E-state index contributed by atoms with van der Waals surface area (Å²) in [6, 6.07) is 7.36. The number of hydrogen-bond donors (Lipinski definition) is 0. The largest absolute Gasteiger partial charge is 0.336 e. The van der Waals surface area contributed by atoms with Crippen molar-refractivity contribution in [3.63, 3.8) is 0 Å². The SMILES string of the molecule is Cc1nnsc1CN(C)C(=O)c1cccc(-n2cnnc2)c1. The maximum Gasteiger partial charge on any atom is 0.253 e. The lowest BCUT2D eigenvalue weighted by Gasteiger charge is -2.16. The third-order valence-electron chi connectivity index (χ3n) is 3.28. The van der Waals surface area contributed by atoms with Gasteiger partial charge in [-0.25, -0.2) is 0 Å². The maximum atomic E-state index is 12.6. The summed E-state index contributed by atoms with van der Waals surface area (Å²) in [4.78, 5) is 15.2. The van der Waals surface area contributed by atoms with Crippen molar-refractivity contribution >= 4 is 17.4 Å². The van der Waals surface area contributed by atoms with Gasteiger partial charge in [0.25, 0.3) is 5.91 Å². The van der Waals surface area contributed by atoms with Crippen LogP contribution in [0.1, 0.15) is 20.9 Å². The van der Waals surface area contributed by atoms with Crippen LogP contribution in [0, 0.1) is 6.92 Å². The molecule has 22 heavy (non-hydrogen) atoms. The van der Waals surface area contributed by atoms with Gasteiger partial charge in [0.1, 0.15) is 12.7 Å². The Balaban J connectivity index is 1.80. The van der Waals surface area contributed by atoms with Crippen LogP contribution in [-0.2, 0) is 6.54 Å². The number of carbonyl (C=O) groups excluding carboxylic acids is 1. The zero-order chi connectivity index (χ0) is 15.5. The number of amides is 1. The first-order valence-electron chi connectivity index (χ1n) is 6.63. The minimum Gasteiger partial charge on any atom is -0.336 e. The molecular weight excluding hydrogens is 300 g/mol. The average Bonchev–Trinajstić information content (AvgIpc) is 3.19. The van der Waals surface area contributed by atoms with E-state index in [-0.39, 0.29) is 5.91 Å². The van der Waals surface area contributed by atoms with Gasteiger partial charge in [0, 0.05) is 18.3 Å². The van der Waals surface area contributed by atoms with Gasteiger partial charge in [-0.1, -0.05) is 10.6 Å². The van der Waals surface area contributed by atoms with Crippen molar-refractivity contribution in [2.45, 2.75) is 13.5 Å². The first-order valence-corrected chi connectivity index (χ1v) is 7.41. The highest BCUT2D eigenvalue weighted by Gasteiger charge is 2.15. The second-order valence-corrected chi connectivity index (χ2v) is 5.70. The van der Waals surface area contributed by atoms with Crippen LogP contribution in [0.25, 0.3) is 5.69 Å². The van der Waals surface area contributed by atoms with Gasteiger partial charge >= 0.3 is 0 Å². The lowest BCUT2D eigenvalue weighted by molar-refractivity contribution is 0.0786. The van der Waals surface area contributed by atoms with E-state index in [4.69, 9.17) is 0 Å². The smallest absolute Gasteiger partial charge is 0.253 e. The van der Waals surface area contributed by atoms with E-state index in [1.54, 1.807) is 35.2 Å². The normalized spacial score (nSPS) is 10.6. The number of nitrogens with zero attached hydrogens (tertiary/aromatic N) is 6. The molecule has 1 aromatic carbocycles. The van der Waals surface area contributed by atoms with Crippen LogP contribution in [0.5, 0.6) is 0 Å². The van der Waals surface area contributed by atoms with Gasteiger partial charge in [0.05, 0.1) is 17.1 Å². The zero-order valence-corrected chi connectivity index (χ0v) is 13.0. The van der Waals surface area contributed by atoms with Crippen molar-refractivity contribution in [1.29, 1.82) is 0 Å². The molecule has 0 unspecified atom stereocenters. The van der Waals surface area contributed by atoms with E-state index in [2.05, 4.69) is 19.8 Å². The summed E-state index contributed by atoms with van der Waals surface area (Å²) in [6.45, 7) is 2.39. The molecule has 112 valence electrons. The Labute approximate surface area is 131 Å². The Kier molecular flexibility index (Phi) is 3.92. The molecule has 0 saturated carbocycles. The monoisotopic (exact) mass is 314 g/mol. The second-order valence-electron chi connectivity index (χ2n) is 4.86. The minimum atomic E-state index is -0.0530. The number of aryl methyl sites for hydroxylation is 1.